The van der Waals surface area contributed by atoms with Crippen molar-refractivity contribution in [3.05, 3.63) is 52.8 Å². The number of benzene rings is 1. The third-order valence-corrected chi connectivity index (χ3v) is 3.01. The average Bonchev–Trinajstić information content (AvgIpc) is 2.41. The van der Waals surface area contributed by atoms with Crippen molar-refractivity contribution in [3.8, 4) is 5.75 Å². The van der Waals surface area contributed by atoms with Crippen LogP contribution in [0, 0.1) is 13.8 Å². The highest BCUT2D eigenvalue weighted by Gasteiger charge is 2.19. The van der Waals surface area contributed by atoms with Crippen LogP contribution in [-0.4, -0.2) is 21.4 Å². The minimum absolute atomic E-state index is 0.0572. The van der Waals surface area contributed by atoms with E-state index in [9.17, 15) is 5.11 Å². The number of aliphatic hydroxyl groups excluding tert-OH is 1. The third-order valence-electron chi connectivity index (χ3n) is 3.01. The summed E-state index contributed by atoms with van der Waals surface area (Å²) in [7, 11) is 0. The molecule has 1 atom stereocenters. The number of aryl methyl sites for hydroxylation is 2. The third kappa shape index (κ3) is 3.14. The molecule has 106 valence electrons. The number of ether oxygens (including phenoxy) is 1. The molecule has 4 heteroatoms. The zero-order chi connectivity index (χ0) is 14.7. The quantitative estimate of drug-likeness (QED) is 0.929. The van der Waals surface area contributed by atoms with Gasteiger partial charge >= 0.3 is 0 Å². The first-order chi connectivity index (χ1) is 9.49. The van der Waals surface area contributed by atoms with E-state index in [1.54, 1.807) is 0 Å². The van der Waals surface area contributed by atoms with E-state index in [4.69, 9.17) is 4.74 Å². The van der Waals surface area contributed by atoms with Crippen molar-refractivity contribution in [2.45, 2.75) is 39.9 Å². The Kier molecular flexibility index (Phi) is 4.35. The van der Waals surface area contributed by atoms with Crippen LogP contribution in [0.5, 0.6) is 5.75 Å². The van der Waals surface area contributed by atoms with Crippen LogP contribution in [0.3, 0.4) is 0 Å². The highest BCUT2D eigenvalue weighted by atomic mass is 16.5. The molecule has 0 saturated heterocycles. The molecule has 0 aliphatic rings. The molecule has 20 heavy (non-hydrogen) atoms. The van der Waals surface area contributed by atoms with Crippen LogP contribution in [0.4, 0.5) is 0 Å². The normalized spacial score (nSPS) is 12.5. The summed E-state index contributed by atoms with van der Waals surface area (Å²) in [6.45, 7) is 7.63. The monoisotopic (exact) mass is 272 g/mol. The number of nitrogens with zero attached hydrogens (tertiary/aromatic N) is 2. The molecule has 0 saturated carbocycles. The molecule has 0 fully saturated rings. The first kappa shape index (κ1) is 14.5. The Hall–Kier alpha value is -1.94. The minimum atomic E-state index is -0.765. The zero-order valence-corrected chi connectivity index (χ0v) is 12.3. The van der Waals surface area contributed by atoms with Crippen molar-refractivity contribution in [1.82, 2.24) is 10.2 Å². The van der Waals surface area contributed by atoms with E-state index in [-0.39, 0.29) is 6.10 Å². The van der Waals surface area contributed by atoms with Gasteiger partial charge in [-0.25, -0.2) is 0 Å². The van der Waals surface area contributed by atoms with E-state index >= 15 is 0 Å². The van der Waals surface area contributed by atoms with Crippen molar-refractivity contribution >= 4 is 0 Å². The van der Waals surface area contributed by atoms with Gasteiger partial charge in [-0.1, -0.05) is 18.2 Å². The van der Waals surface area contributed by atoms with Gasteiger partial charge in [0.2, 0.25) is 0 Å². The average molecular weight is 272 g/mol. The van der Waals surface area contributed by atoms with Crippen LogP contribution in [0.25, 0.3) is 0 Å². The summed E-state index contributed by atoms with van der Waals surface area (Å²) < 4.78 is 5.76. The highest BCUT2D eigenvalue weighted by Crippen LogP contribution is 2.31. The summed E-state index contributed by atoms with van der Waals surface area (Å²) in [4.78, 5) is 0. The number of aliphatic hydroxyl groups is 1. The molecule has 1 aromatic heterocycles. The van der Waals surface area contributed by atoms with Crippen LogP contribution in [-0.2, 0) is 0 Å². The zero-order valence-electron chi connectivity index (χ0n) is 12.3. The predicted molar refractivity (Wildman–Crippen MR) is 77.8 cm³/mol. The largest absolute Gasteiger partial charge is 0.491 e. The summed E-state index contributed by atoms with van der Waals surface area (Å²) in [6, 6.07) is 9.39. The van der Waals surface area contributed by atoms with Gasteiger partial charge in [0, 0.05) is 11.1 Å². The Bertz CT molecular complexity index is 597. The number of aromatic nitrogens is 2. The first-order valence-electron chi connectivity index (χ1n) is 6.73. The molecule has 0 spiro atoms. The summed E-state index contributed by atoms with van der Waals surface area (Å²) in [5, 5.41) is 18.7. The Labute approximate surface area is 119 Å². The van der Waals surface area contributed by atoms with Crippen molar-refractivity contribution in [2.75, 3.05) is 0 Å². The van der Waals surface area contributed by atoms with E-state index in [1.165, 1.54) is 0 Å². The van der Waals surface area contributed by atoms with Gasteiger partial charge in [-0.05, 0) is 39.8 Å². The van der Waals surface area contributed by atoms with Crippen LogP contribution in [0.15, 0.2) is 30.3 Å². The van der Waals surface area contributed by atoms with E-state index in [0.717, 1.165) is 22.5 Å². The number of rotatable bonds is 4. The summed E-state index contributed by atoms with van der Waals surface area (Å²) in [5.74, 6) is 0.698. The van der Waals surface area contributed by atoms with Gasteiger partial charge in [-0.2, -0.15) is 10.2 Å². The Morgan fingerprint density at radius 2 is 1.75 bits per heavy atom. The Morgan fingerprint density at radius 1 is 1.05 bits per heavy atom. The van der Waals surface area contributed by atoms with Gasteiger partial charge in [0.25, 0.3) is 0 Å². The molecule has 0 bridgehead atoms. The van der Waals surface area contributed by atoms with Gasteiger partial charge < -0.3 is 9.84 Å². The van der Waals surface area contributed by atoms with Crippen LogP contribution >= 0.6 is 0 Å². The lowest BCUT2D eigenvalue weighted by molar-refractivity contribution is 0.197. The minimum Gasteiger partial charge on any atom is -0.491 e. The van der Waals surface area contributed by atoms with E-state index in [1.807, 2.05) is 58.0 Å². The second kappa shape index (κ2) is 6.01. The highest BCUT2D eigenvalue weighted by molar-refractivity contribution is 5.41. The molecule has 2 rings (SSSR count). The van der Waals surface area contributed by atoms with Crippen molar-refractivity contribution in [2.24, 2.45) is 0 Å². The molecule has 4 nitrogen and oxygen atoms in total. The number of hydrogen-bond donors (Lipinski definition) is 1. The van der Waals surface area contributed by atoms with E-state index < -0.39 is 6.10 Å². The van der Waals surface area contributed by atoms with Gasteiger partial charge in [-0.15, -0.1) is 0 Å². The summed E-state index contributed by atoms with van der Waals surface area (Å²) in [5.41, 5.74) is 3.02. The molecular formula is C16H20N2O2. The number of hydrogen-bond acceptors (Lipinski definition) is 4. The fourth-order valence-electron chi connectivity index (χ4n) is 2.08. The van der Waals surface area contributed by atoms with Crippen LogP contribution in [0.1, 0.15) is 42.5 Å². The molecule has 0 aliphatic heterocycles. The SMILES string of the molecule is Cc1cc(C(O)c2ccccc2OC(C)C)c(C)nn1. The van der Waals surface area contributed by atoms with Gasteiger partial charge in [-0.3, -0.25) is 0 Å². The maximum Gasteiger partial charge on any atom is 0.125 e. The van der Waals surface area contributed by atoms with Crippen LogP contribution in [0.2, 0.25) is 0 Å². The first-order valence-corrected chi connectivity index (χ1v) is 6.73. The fourth-order valence-corrected chi connectivity index (χ4v) is 2.08. The summed E-state index contributed by atoms with van der Waals surface area (Å²) >= 11 is 0. The summed E-state index contributed by atoms with van der Waals surface area (Å²) in [6.07, 6.45) is -0.708. The predicted octanol–water partition coefficient (Wildman–Crippen LogP) is 2.96. The lowest BCUT2D eigenvalue weighted by atomic mass is 9.99. The fraction of sp³-hybridized carbons (Fsp3) is 0.375. The molecule has 1 heterocycles. The van der Waals surface area contributed by atoms with Crippen molar-refractivity contribution in [1.29, 1.82) is 0 Å². The topological polar surface area (TPSA) is 55.2 Å². The smallest absolute Gasteiger partial charge is 0.125 e. The van der Waals surface area contributed by atoms with Crippen LogP contribution < -0.4 is 4.74 Å². The Morgan fingerprint density at radius 3 is 2.45 bits per heavy atom. The molecule has 0 amide bonds. The molecule has 1 aromatic carbocycles. The maximum atomic E-state index is 10.6. The van der Waals surface area contributed by atoms with Crippen molar-refractivity contribution < 1.29 is 9.84 Å². The van der Waals surface area contributed by atoms with Gasteiger partial charge in [0.1, 0.15) is 11.9 Å². The maximum absolute atomic E-state index is 10.6. The van der Waals surface area contributed by atoms with Gasteiger partial charge in [0.15, 0.2) is 0 Å². The van der Waals surface area contributed by atoms with E-state index in [2.05, 4.69) is 10.2 Å². The van der Waals surface area contributed by atoms with E-state index in [0.29, 0.717) is 5.75 Å². The lowest BCUT2D eigenvalue weighted by Gasteiger charge is -2.19. The van der Waals surface area contributed by atoms with Gasteiger partial charge in [0.05, 0.1) is 17.5 Å². The molecule has 2 aromatic rings. The molecule has 1 unspecified atom stereocenters. The Balaban J connectivity index is 2.42. The second-order valence-electron chi connectivity index (χ2n) is 5.13. The standard InChI is InChI=1S/C16H20N2O2/c1-10(2)20-15-8-6-5-7-13(15)16(19)14-9-11(3)17-18-12(14)4/h5-10,16,19H,1-4H3. The number of para-hydroxylation sites is 1. The molecule has 1 N–H and O–H groups in total. The lowest BCUT2D eigenvalue weighted by Crippen LogP contribution is -2.11. The molecular weight excluding hydrogens is 252 g/mol. The molecule has 0 aliphatic carbocycles. The second-order valence-corrected chi connectivity index (χ2v) is 5.13. The van der Waals surface area contributed by atoms with Crippen molar-refractivity contribution in [3.63, 3.8) is 0 Å². The molecule has 0 radical (unpaired) electrons.